The number of nitrogens with zero attached hydrogens (tertiary/aromatic N) is 1. The normalized spacial score (nSPS) is 11.2. The molecule has 24 heavy (non-hydrogen) atoms. The van der Waals surface area contributed by atoms with Gasteiger partial charge in [0.25, 0.3) is 0 Å². The molecule has 0 radical (unpaired) electrons. The highest BCUT2D eigenvalue weighted by atomic mass is 16.5. The molecule has 4 nitrogen and oxygen atoms in total. The fraction of sp³-hybridized carbons (Fsp3) is 0.300. The predicted octanol–water partition coefficient (Wildman–Crippen LogP) is 3.86. The number of hydrogen-bond donors (Lipinski definition) is 1. The third-order valence-electron chi connectivity index (χ3n) is 4.36. The van der Waals surface area contributed by atoms with Gasteiger partial charge in [0.15, 0.2) is 11.5 Å². The molecule has 0 atom stereocenters. The molecule has 3 aromatic rings. The number of hydrogen-bond acceptors (Lipinski definition) is 3. The zero-order chi connectivity index (χ0) is 16.9. The number of fused-ring (bicyclic) bond motifs is 1. The Hall–Kier alpha value is -2.46. The van der Waals surface area contributed by atoms with Gasteiger partial charge in [-0.2, -0.15) is 0 Å². The SMILES string of the molecule is COc1cccc(CN(C)CCc2c[nH]c3ccccc23)c1OC. The summed E-state index contributed by atoms with van der Waals surface area (Å²) in [6, 6.07) is 14.5. The topological polar surface area (TPSA) is 37.5 Å². The summed E-state index contributed by atoms with van der Waals surface area (Å²) in [5.41, 5.74) is 3.69. The lowest BCUT2D eigenvalue weighted by atomic mass is 10.1. The average molecular weight is 324 g/mol. The van der Waals surface area contributed by atoms with E-state index in [1.165, 1.54) is 16.5 Å². The van der Waals surface area contributed by atoms with Gasteiger partial charge in [-0.3, -0.25) is 0 Å². The highest BCUT2D eigenvalue weighted by molar-refractivity contribution is 5.83. The molecule has 0 fully saturated rings. The maximum absolute atomic E-state index is 5.52. The van der Waals surface area contributed by atoms with Crippen LogP contribution in [0.5, 0.6) is 11.5 Å². The van der Waals surface area contributed by atoms with E-state index in [0.717, 1.165) is 36.6 Å². The number of aromatic nitrogens is 1. The molecule has 0 saturated heterocycles. The fourth-order valence-corrected chi connectivity index (χ4v) is 3.10. The smallest absolute Gasteiger partial charge is 0.165 e. The van der Waals surface area contributed by atoms with Gasteiger partial charge < -0.3 is 19.4 Å². The largest absolute Gasteiger partial charge is 0.493 e. The Morgan fingerprint density at radius 1 is 0.958 bits per heavy atom. The molecular formula is C20H24N2O2. The monoisotopic (exact) mass is 324 g/mol. The second-order valence-corrected chi connectivity index (χ2v) is 6.00. The van der Waals surface area contributed by atoms with E-state index in [2.05, 4.69) is 53.5 Å². The molecule has 3 rings (SSSR count). The van der Waals surface area contributed by atoms with Crippen LogP contribution in [0.15, 0.2) is 48.7 Å². The lowest BCUT2D eigenvalue weighted by Gasteiger charge is -2.19. The summed E-state index contributed by atoms with van der Waals surface area (Å²) in [5.74, 6) is 1.60. The van der Waals surface area contributed by atoms with E-state index >= 15 is 0 Å². The Kier molecular flexibility index (Phi) is 5.06. The molecule has 1 N–H and O–H groups in total. The van der Waals surface area contributed by atoms with E-state index in [1.54, 1.807) is 14.2 Å². The predicted molar refractivity (Wildman–Crippen MR) is 97.9 cm³/mol. The Morgan fingerprint density at radius 3 is 2.58 bits per heavy atom. The minimum absolute atomic E-state index is 0.778. The molecule has 1 aromatic heterocycles. The maximum Gasteiger partial charge on any atom is 0.165 e. The van der Waals surface area contributed by atoms with Crippen LogP contribution in [0.1, 0.15) is 11.1 Å². The molecule has 2 aromatic carbocycles. The molecule has 0 aliphatic rings. The minimum atomic E-state index is 0.778. The van der Waals surface area contributed by atoms with Crippen molar-refractivity contribution in [2.45, 2.75) is 13.0 Å². The summed E-state index contributed by atoms with van der Waals surface area (Å²) in [7, 11) is 5.49. The van der Waals surface area contributed by atoms with Crippen molar-refractivity contribution < 1.29 is 9.47 Å². The highest BCUT2D eigenvalue weighted by Gasteiger charge is 2.12. The van der Waals surface area contributed by atoms with Crippen LogP contribution in [0.4, 0.5) is 0 Å². The van der Waals surface area contributed by atoms with E-state index in [1.807, 2.05) is 12.1 Å². The first-order valence-corrected chi connectivity index (χ1v) is 8.16. The van der Waals surface area contributed by atoms with E-state index in [9.17, 15) is 0 Å². The summed E-state index contributed by atoms with van der Waals surface area (Å²) in [4.78, 5) is 5.64. The number of benzene rings is 2. The van der Waals surface area contributed by atoms with Gasteiger partial charge in [0.1, 0.15) is 0 Å². The average Bonchev–Trinajstić information content (AvgIpc) is 3.03. The number of methoxy groups -OCH3 is 2. The van der Waals surface area contributed by atoms with Crippen molar-refractivity contribution in [3.05, 3.63) is 59.8 Å². The zero-order valence-electron chi connectivity index (χ0n) is 14.5. The van der Waals surface area contributed by atoms with Crippen LogP contribution in [0.25, 0.3) is 10.9 Å². The molecular weight excluding hydrogens is 300 g/mol. The summed E-state index contributed by atoms with van der Waals surface area (Å²) in [6.45, 7) is 1.80. The van der Waals surface area contributed by atoms with Gasteiger partial charge in [-0.25, -0.2) is 0 Å². The number of likely N-dealkylation sites (N-methyl/N-ethyl adjacent to an activating group) is 1. The van der Waals surface area contributed by atoms with Crippen molar-refractivity contribution in [2.75, 3.05) is 27.8 Å². The van der Waals surface area contributed by atoms with Crippen molar-refractivity contribution in [2.24, 2.45) is 0 Å². The summed E-state index contributed by atoms with van der Waals surface area (Å²) >= 11 is 0. The second kappa shape index (κ2) is 7.41. The van der Waals surface area contributed by atoms with Gasteiger partial charge in [-0.05, 0) is 31.2 Å². The molecule has 0 aliphatic heterocycles. The summed E-state index contributed by atoms with van der Waals surface area (Å²) in [6.07, 6.45) is 3.12. The Bertz CT molecular complexity index is 810. The first-order valence-electron chi connectivity index (χ1n) is 8.16. The van der Waals surface area contributed by atoms with Crippen LogP contribution in [0.3, 0.4) is 0 Å². The maximum atomic E-state index is 5.52. The second-order valence-electron chi connectivity index (χ2n) is 6.00. The minimum Gasteiger partial charge on any atom is -0.493 e. The Morgan fingerprint density at radius 2 is 1.79 bits per heavy atom. The summed E-state index contributed by atoms with van der Waals surface area (Å²) < 4.78 is 10.9. The number of para-hydroxylation sites is 2. The standard InChI is InChI=1S/C20H24N2O2/c1-22(14-16-7-6-10-19(23-2)20(16)24-3)12-11-15-13-21-18-9-5-4-8-17(15)18/h4-10,13,21H,11-12,14H2,1-3H3. The van der Waals surface area contributed by atoms with Gasteiger partial charge >= 0.3 is 0 Å². The molecule has 0 spiro atoms. The van der Waals surface area contributed by atoms with Crippen molar-refractivity contribution in [3.8, 4) is 11.5 Å². The molecule has 0 unspecified atom stereocenters. The number of H-pyrrole nitrogens is 1. The first kappa shape index (κ1) is 16.4. The van der Waals surface area contributed by atoms with Gasteiger partial charge in [-0.15, -0.1) is 0 Å². The molecule has 1 heterocycles. The third kappa shape index (κ3) is 3.39. The van der Waals surface area contributed by atoms with Gasteiger partial charge in [0, 0.05) is 35.8 Å². The summed E-state index contributed by atoms with van der Waals surface area (Å²) in [5, 5.41) is 1.31. The third-order valence-corrected chi connectivity index (χ3v) is 4.36. The molecule has 0 amide bonds. The lowest BCUT2D eigenvalue weighted by molar-refractivity contribution is 0.312. The highest BCUT2D eigenvalue weighted by Crippen LogP contribution is 2.31. The fourth-order valence-electron chi connectivity index (χ4n) is 3.10. The van der Waals surface area contributed by atoms with Gasteiger partial charge in [0.05, 0.1) is 14.2 Å². The van der Waals surface area contributed by atoms with Gasteiger partial charge in [0.2, 0.25) is 0 Å². The Balaban J connectivity index is 1.67. The molecule has 0 aliphatic carbocycles. The van der Waals surface area contributed by atoms with E-state index in [0.29, 0.717) is 0 Å². The Labute approximate surface area is 143 Å². The molecule has 126 valence electrons. The van der Waals surface area contributed by atoms with Crippen molar-refractivity contribution in [1.29, 1.82) is 0 Å². The van der Waals surface area contributed by atoms with Crippen LogP contribution < -0.4 is 9.47 Å². The van der Waals surface area contributed by atoms with E-state index in [4.69, 9.17) is 9.47 Å². The number of ether oxygens (including phenoxy) is 2. The van der Waals surface area contributed by atoms with Crippen LogP contribution in [-0.2, 0) is 13.0 Å². The molecule has 0 saturated carbocycles. The number of rotatable bonds is 7. The van der Waals surface area contributed by atoms with Crippen LogP contribution in [0.2, 0.25) is 0 Å². The van der Waals surface area contributed by atoms with Crippen molar-refractivity contribution in [1.82, 2.24) is 9.88 Å². The van der Waals surface area contributed by atoms with Crippen LogP contribution >= 0.6 is 0 Å². The zero-order valence-corrected chi connectivity index (χ0v) is 14.5. The van der Waals surface area contributed by atoms with Crippen LogP contribution in [-0.4, -0.2) is 37.7 Å². The molecule has 0 bridgehead atoms. The lowest BCUT2D eigenvalue weighted by Crippen LogP contribution is -2.21. The van der Waals surface area contributed by atoms with Crippen LogP contribution in [0, 0.1) is 0 Å². The molecule has 4 heteroatoms. The number of nitrogens with one attached hydrogen (secondary N) is 1. The van der Waals surface area contributed by atoms with Crippen molar-refractivity contribution >= 4 is 10.9 Å². The van der Waals surface area contributed by atoms with Crippen molar-refractivity contribution in [3.63, 3.8) is 0 Å². The first-order chi connectivity index (χ1) is 11.7. The van der Waals surface area contributed by atoms with Gasteiger partial charge in [-0.1, -0.05) is 30.3 Å². The quantitative estimate of drug-likeness (QED) is 0.717. The number of aromatic amines is 1. The van der Waals surface area contributed by atoms with E-state index in [-0.39, 0.29) is 0 Å². The van der Waals surface area contributed by atoms with E-state index < -0.39 is 0 Å².